The molecule has 134 valence electrons. The van der Waals surface area contributed by atoms with Crippen LogP contribution >= 0.6 is 11.3 Å². The van der Waals surface area contributed by atoms with Crippen molar-refractivity contribution in [2.75, 3.05) is 11.9 Å². The molecule has 1 atom stereocenters. The zero-order valence-electron chi connectivity index (χ0n) is 14.9. The number of piperidine rings is 1. The van der Waals surface area contributed by atoms with E-state index in [1.54, 1.807) is 4.90 Å². The summed E-state index contributed by atoms with van der Waals surface area (Å²) >= 11 is 1.54. The average Bonchev–Trinajstić information content (AvgIpc) is 2.97. The number of carbonyl (C=O) groups is 2. The lowest BCUT2D eigenvalue weighted by Gasteiger charge is -2.35. The van der Waals surface area contributed by atoms with Crippen LogP contribution in [0.4, 0.5) is 5.00 Å². The number of thiophene rings is 1. The number of likely N-dealkylation sites (tertiary alicyclic amines) is 1. The lowest BCUT2D eigenvalue weighted by Crippen LogP contribution is -2.51. The Bertz CT molecular complexity index is 717. The van der Waals surface area contributed by atoms with E-state index < -0.39 is 6.04 Å². The molecule has 0 radical (unpaired) electrons. The fourth-order valence-corrected chi connectivity index (χ4v) is 5.01. The normalized spacial score (nSPS) is 20.1. The summed E-state index contributed by atoms with van der Waals surface area (Å²) in [5.74, 6) is -0.230. The Morgan fingerprint density at radius 1 is 1.24 bits per heavy atom. The van der Waals surface area contributed by atoms with E-state index in [0.29, 0.717) is 23.5 Å². The number of carbonyl (C=O) groups excluding carboxylic acids is 2. The van der Waals surface area contributed by atoms with E-state index in [1.807, 2.05) is 13.8 Å². The number of amides is 2. The third kappa shape index (κ3) is 3.57. The van der Waals surface area contributed by atoms with Gasteiger partial charge in [0.2, 0.25) is 11.8 Å². The number of nitriles is 1. The van der Waals surface area contributed by atoms with Crippen LogP contribution in [0, 0.1) is 17.2 Å². The van der Waals surface area contributed by atoms with Crippen LogP contribution < -0.4 is 5.32 Å². The van der Waals surface area contributed by atoms with Crippen molar-refractivity contribution in [2.24, 2.45) is 5.92 Å². The first-order valence-corrected chi connectivity index (χ1v) is 10.0. The third-order valence-electron chi connectivity index (χ3n) is 5.10. The zero-order valence-corrected chi connectivity index (χ0v) is 15.7. The van der Waals surface area contributed by atoms with Gasteiger partial charge in [0.25, 0.3) is 0 Å². The summed E-state index contributed by atoms with van der Waals surface area (Å²) < 4.78 is 0. The number of hydrogen-bond acceptors (Lipinski definition) is 4. The van der Waals surface area contributed by atoms with Gasteiger partial charge in [-0.25, -0.2) is 0 Å². The van der Waals surface area contributed by atoms with Crippen molar-refractivity contribution in [1.29, 1.82) is 5.26 Å². The Morgan fingerprint density at radius 3 is 2.72 bits per heavy atom. The van der Waals surface area contributed by atoms with Crippen molar-refractivity contribution in [3.8, 4) is 6.07 Å². The van der Waals surface area contributed by atoms with Crippen molar-refractivity contribution < 1.29 is 9.59 Å². The van der Waals surface area contributed by atoms with Gasteiger partial charge in [0.15, 0.2) is 0 Å². The highest BCUT2D eigenvalue weighted by atomic mass is 32.1. The molecule has 3 rings (SSSR count). The molecule has 0 saturated carbocycles. The lowest BCUT2D eigenvalue weighted by atomic mass is 9.96. The fraction of sp³-hybridized carbons (Fsp3) is 0.632. The number of rotatable bonds is 3. The summed E-state index contributed by atoms with van der Waals surface area (Å²) in [7, 11) is 0. The Labute approximate surface area is 153 Å². The Morgan fingerprint density at radius 2 is 2.00 bits per heavy atom. The molecule has 1 aliphatic heterocycles. The molecular formula is C19H25N3O2S. The maximum atomic E-state index is 12.9. The molecule has 1 saturated heterocycles. The summed E-state index contributed by atoms with van der Waals surface area (Å²) in [6.45, 7) is 4.38. The summed E-state index contributed by atoms with van der Waals surface area (Å²) in [6, 6.07) is 1.86. The monoisotopic (exact) mass is 359 g/mol. The quantitative estimate of drug-likeness (QED) is 0.898. The minimum atomic E-state index is -0.422. The Hall–Kier alpha value is -1.87. The summed E-state index contributed by atoms with van der Waals surface area (Å²) in [5, 5.41) is 13.2. The highest BCUT2D eigenvalue weighted by Crippen LogP contribution is 2.38. The van der Waals surface area contributed by atoms with Gasteiger partial charge in [-0.15, -0.1) is 11.3 Å². The minimum Gasteiger partial charge on any atom is -0.330 e. The van der Waals surface area contributed by atoms with Gasteiger partial charge in [0, 0.05) is 17.3 Å². The molecule has 1 aromatic rings. The number of hydrogen-bond donors (Lipinski definition) is 1. The van der Waals surface area contributed by atoms with Crippen LogP contribution in [-0.2, 0) is 22.4 Å². The highest BCUT2D eigenvalue weighted by molar-refractivity contribution is 7.16. The third-order valence-corrected chi connectivity index (χ3v) is 6.31. The number of aryl methyl sites for hydroxylation is 1. The molecule has 1 N–H and O–H groups in total. The van der Waals surface area contributed by atoms with E-state index in [9.17, 15) is 14.9 Å². The molecule has 2 heterocycles. The van der Waals surface area contributed by atoms with Gasteiger partial charge in [-0.3, -0.25) is 9.59 Å². The standard InChI is InChI=1S/C19H25N3O2S/c1-12(2)19(24)22-10-6-5-8-15(22)17(23)21-18-14(11-20)13-7-3-4-9-16(13)25-18/h12,15H,3-10H2,1-2H3,(H,21,23). The molecule has 2 aliphatic rings. The van der Waals surface area contributed by atoms with Gasteiger partial charge in [-0.2, -0.15) is 5.26 Å². The van der Waals surface area contributed by atoms with Gasteiger partial charge in [0.05, 0.1) is 5.56 Å². The maximum absolute atomic E-state index is 12.9. The van der Waals surface area contributed by atoms with Crippen LogP contribution in [0.15, 0.2) is 0 Å². The van der Waals surface area contributed by atoms with Crippen molar-refractivity contribution in [3.05, 3.63) is 16.0 Å². The molecule has 0 spiro atoms. The summed E-state index contributed by atoms with van der Waals surface area (Å²) in [5.41, 5.74) is 1.75. The summed E-state index contributed by atoms with van der Waals surface area (Å²) in [6.07, 6.45) is 6.75. The largest absolute Gasteiger partial charge is 0.330 e. The van der Waals surface area contributed by atoms with E-state index in [-0.39, 0.29) is 17.7 Å². The average molecular weight is 359 g/mol. The molecule has 0 bridgehead atoms. The smallest absolute Gasteiger partial charge is 0.247 e. The van der Waals surface area contributed by atoms with Crippen LogP contribution in [0.1, 0.15) is 62.0 Å². The van der Waals surface area contributed by atoms with Crippen LogP contribution in [0.2, 0.25) is 0 Å². The molecule has 2 amide bonds. The van der Waals surface area contributed by atoms with E-state index in [0.717, 1.165) is 44.1 Å². The van der Waals surface area contributed by atoms with Crippen molar-refractivity contribution in [2.45, 2.75) is 64.8 Å². The van der Waals surface area contributed by atoms with E-state index in [4.69, 9.17) is 0 Å². The van der Waals surface area contributed by atoms with Gasteiger partial charge >= 0.3 is 0 Å². The molecule has 0 aromatic carbocycles. The Kier molecular flexibility index (Phi) is 5.43. The number of anilines is 1. The van der Waals surface area contributed by atoms with Crippen molar-refractivity contribution in [3.63, 3.8) is 0 Å². The first-order chi connectivity index (χ1) is 12.0. The predicted octanol–water partition coefficient (Wildman–Crippen LogP) is 3.47. The SMILES string of the molecule is CC(C)C(=O)N1CCCCC1C(=O)Nc1sc2c(c1C#N)CCCC2. The second-order valence-corrected chi connectivity index (χ2v) is 8.32. The van der Waals surface area contributed by atoms with Crippen LogP contribution in [0.25, 0.3) is 0 Å². The molecule has 1 fully saturated rings. The van der Waals surface area contributed by atoms with Crippen molar-refractivity contribution >= 4 is 28.2 Å². The van der Waals surface area contributed by atoms with Crippen LogP contribution in [0.5, 0.6) is 0 Å². The zero-order chi connectivity index (χ0) is 18.0. The molecule has 1 aliphatic carbocycles. The first-order valence-electron chi connectivity index (χ1n) is 9.19. The van der Waals surface area contributed by atoms with Gasteiger partial charge in [-0.1, -0.05) is 13.8 Å². The number of nitrogens with one attached hydrogen (secondary N) is 1. The molecular weight excluding hydrogens is 334 g/mol. The van der Waals surface area contributed by atoms with E-state index in [2.05, 4.69) is 11.4 Å². The maximum Gasteiger partial charge on any atom is 0.247 e. The number of fused-ring (bicyclic) bond motifs is 1. The molecule has 1 unspecified atom stereocenters. The predicted molar refractivity (Wildman–Crippen MR) is 98.5 cm³/mol. The molecule has 6 heteroatoms. The highest BCUT2D eigenvalue weighted by Gasteiger charge is 2.34. The van der Waals surface area contributed by atoms with Crippen LogP contribution in [-0.4, -0.2) is 29.3 Å². The van der Waals surface area contributed by atoms with Gasteiger partial charge < -0.3 is 10.2 Å². The lowest BCUT2D eigenvalue weighted by molar-refractivity contribution is -0.142. The van der Waals surface area contributed by atoms with Gasteiger partial charge in [0.1, 0.15) is 17.1 Å². The second-order valence-electron chi connectivity index (χ2n) is 7.21. The fourth-order valence-electron chi connectivity index (χ4n) is 3.77. The molecule has 5 nitrogen and oxygen atoms in total. The second kappa shape index (κ2) is 7.57. The molecule has 1 aromatic heterocycles. The number of nitrogens with zero attached hydrogens (tertiary/aromatic N) is 2. The van der Waals surface area contributed by atoms with Crippen LogP contribution in [0.3, 0.4) is 0 Å². The van der Waals surface area contributed by atoms with Crippen molar-refractivity contribution in [1.82, 2.24) is 4.90 Å². The van der Waals surface area contributed by atoms with Gasteiger partial charge in [-0.05, 0) is 50.5 Å². The minimum absolute atomic E-state index is 0.0332. The van der Waals surface area contributed by atoms with E-state index in [1.165, 1.54) is 16.2 Å². The molecule has 25 heavy (non-hydrogen) atoms. The Balaban J connectivity index is 1.80. The first kappa shape index (κ1) is 17.9. The topological polar surface area (TPSA) is 73.2 Å². The van der Waals surface area contributed by atoms with E-state index >= 15 is 0 Å². The summed E-state index contributed by atoms with van der Waals surface area (Å²) in [4.78, 5) is 28.3.